The van der Waals surface area contributed by atoms with Gasteiger partial charge in [-0.3, -0.25) is 19.3 Å². The number of nitrogens with zero attached hydrogens (tertiary/aromatic N) is 1. The van der Waals surface area contributed by atoms with Gasteiger partial charge in [0, 0.05) is 16.8 Å². The summed E-state index contributed by atoms with van der Waals surface area (Å²) in [5.74, 6) is 0.913. The molecule has 0 unspecified atom stereocenters. The largest absolute Gasteiger partial charge is 0.493 e. The average Bonchev–Trinajstić information content (AvgIpc) is 3.48. The fourth-order valence-electron chi connectivity index (χ4n) is 3.81. The summed E-state index contributed by atoms with van der Waals surface area (Å²) >= 11 is 10.2. The monoisotopic (exact) mass is 630 g/mol. The summed E-state index contributed by atoms with van der Waals surface area (Å²) in [7, 11) is 1.51. The molecule has 39 heavy (non-hydrogen) atoms. The Bertz CT molecular complexity index is 1500. The van der Waals surface area contributed by atoms with E-state index in [-0.39, 0.29) is 11.7 Å². The molecule has 3 aromatic rings. The number of anilines is 1. The zero-order chi connectivity index (χ0) is 27.5. The summed E-state index contributed by atoms with van der Waals surface area (Å²) in [6, 6.07) is 15.7. The number of nitrogens with one attached hydrogen (secondary N) is 1. The number of thioether (sulfide) groups is 1. The van der Waals surface area contributed by atoms with E-state index in [2.05, 4.69) is 21.2 Å². The number of amides is 3. The van der Waals surface area contributed by atoms with Gasteiger partial charge in [-0.2, -0.15) is 0 Å². The van der Waals surface area contributed by atoms with Crippen LogP contribution in [0.3, 0.4) is 0 Å². The minimum atomic E-state index is -0.566. The van der Waals surface area contributed by atoms with Crippen LogP contribution < -0.4 is 24.3 Å². The van der Waals surface area contributed by atoms with Gasteiger partial charge in [0.1, 0.15) is 13.2 Å². The molecule has 9 nitrogen and oxygen atoms in total. The molecule has 0 radical (unpaired) electrons. The number of ether oxygens (including phenoxy) is 4. The van der Waals surface area contributed by atoms with E-state index in [0.29, 0.717) is 50.4 Å². The third-order valence-corrected chi connectivity index (χ3v) is 7.43. The van der Waals surface area contributed by atoms with Gasteiger partial charge in [0.2, 0.25) is 12.7 Å². The van der Waals surface area contributed by atoms with Crippen LogP contribution in [0.25, 0.3) is 6.08 Å². The van der Waals surface area contributed by atoms with Gasteiger partial charge in [0.15, 0.2) is 23.0 Å². The molecule has 0 saturated carbocycles. The number of carbonyl (C=O) groups excluding carboxylic acids is 3. The highest BCUT2D eigenvalue weighted by molar-refractivity contribution is 9.10. The Morgan fingerprint density at radius 1 is 1.13 bits per heavy atom. The molecule has 0 aliphatic carbocycles. The van der Waals surface area contributed by atoms with Gasteiger partial charge >= 0.3 is 0 Å². The number of halogens is 2. The van der Waals surface area contributed by atoms with Crippen LogP contribution in [0.1, 0.15) is 11.1 Å². The first-order chi connectivity index (χ1) is 18.8. The van der Waals surface area contributed by atoms with Crippen LogP contribution in [0.2, 0.25) is 5.02 Å². The lowest BCUT2D eigenvalue weighted by Crippen LogP contribution is -2.36. The molecular formula is C27H20BrClN2O7S. The van der Waals surface area contributed by atoms with E-state index in [4.69, 9.17) is 30.5 Å². The predicted molar refractivity (Wildman–Crippen MR) is 150 cm³/mol. The molecule has 2 aliphatic heterocycles. The molecule has 0 bridgehead atoms. The van der Waals surface area contributed by atoms with Crippen molar-refractivity contribution in [2.24, 2.45) is 0 Å². The van der Waals surface area contributed by atoms with Crippen LogP contribution in [0, 0.1) is 0 Å². The molecule has 0 spiro atoms. The number of hydrogen-bond acceptors (Lipinski definition) is 8. The lowest BCUT2D eigenvalue weighted by atomic mass is 10.1. The van der Waals surface area contributed by atoms with Crippen molar-refractivity contribution in [3.63, 3.8) is 0 Å². The highest BCUT2D eigenvalue weighted by atomic mass is 79.9. The van der Waals surface area contributed by atoms with Crippen LogP contribution in [0.4, 0.5) is 10.5 Å². The van der Waals surface area contributed by atoms with Gasteiger partial charge in [-0.15, -0.1) is 0 Å². The summed E-state index contributed by atoms with van der Waals surface area (Å²) < 4.78 is 22.6. The maximum Gasteiger partial charge on any atom is 0.294 e. The summed E-state index contributed by atoms with van der Waals surface area (Å²) in [6.07, 6.45) is 1.57. The van der Waals surface area contributed by atoms with Crippen LogP contribution in [-0.4, -0.2) is 42.4 Å². The summed E-state index contributed by atoms with van der Waals surface area (Å²) in [5.41, 5.74) is 1.99. The summed E-state index contributed by atoms with van der Waals surface area (Å²) in [4.78, 5) is 39.2. The Labute approximate surface area is 241 Å². The van der Waals surface area contributed by atoms with Crippen molar-refractivity contribution in [2.45, 2.75) is 6.61 Å². The van der Waals surface area contributed by atoms with Gasteiger partial charge in [-0.05, 0) is 81.3 Å². The quantitative estimate of drug-likeness (QED) is 0.298. The molecule has 200 valence electrons. The first-order valence-corrected chi connectivity index (χ1v) is 13.5. The van der Waals surface area contributed by atoms with Crippen LogP contribution >= 0.6 is 39.3 Å². The molecule has 1 N–H and O–H groups in total. The van der Waals surface area contributed by atoms with Gasteiger partial charge in [-0.25, -0.2) is 0 Å². The third-order valence-electron chi connectivity index (χ3n) is 5.68. The van der Waals surface area contributed by atoms with E-state index in [9.17, 15) is 14.4 Å². The number of fused-ring (bicyclic) bond motifs is 1. The lowest BCUT2D eigenvalue weighted by molar-refractivity contribution is -0.127. The topological polar surface area (TPSA) is 103 Å². The lowest BCUT2D eigenvalue weighted by Gasteiger charge is -2.14. The molecular weight excluding hydrogens is 612 g/mol. The molecule has 5 rings (SSSR count). The van der Waals surface area contributed by atoms with Gasteiger partial charge in [0.05, 0.1) is 16.5 Å². The van der Waals surface area contributed by atoms with Gasteiger partial charge in [0.25, 0.3) is 11.1 Å². The fraction of sp³-hybridized carbons (Fsp3) is 0.148. The Hall–Kier alpha value is -3.67. The van der Waals surface area contributed by atoms with E-state index in [1.165, 1.54) is 7.11 Å². The molecule has 0 aromatic heterocycles. The van der Waals surface area contributed by atoms with Crippen molar-refractivity contribution < 1.29 is 33.3 Å². The van der Waals surface area contributed by atoms with Crippen molar-refractivity contribution in [1.82, 2.24) is 4.90 Å². The van der Waals surface area contributed by atoms with Crippen molar-refractivity contribution >= 4 is 68.1 Å². The van der Waals surface area contributed by atoms with Gasteiger partial charge in [-0.1, -0.05) is 23.7 Å². The average molecular weight is 632 g/mol. The van der Waals surface area contributed by atoms with E-state index >= 15 is 0 Å². The van der Waals surface area contributed by atoms with Gasteiger partial charge < -0.3 is 24.3 Å². The SMILES string of the molecule is COc1cc(/C=C2/SC(=O)N(CC(=O)Nc3ccc4c(c3)OCO4)C2=O)cc(Br)c1OCc1ccc(Cl)cc1. The third kappa shape index (κ3) is 6.16. The zero-order valence-corrected chi connectivity index (χ0v) is 23.5. The standard InChI is InChI=1S/C27H20BrClN2O7S/c1-35-22-9-16(8-19(28)25(22)36-13-15-2-4-17(29)5-3-15)10-23-26(33)31(27(34)39-23)12-24(32)30-18-6-7-20-21(11-18)38-14-37-20/h2-11H,12-14H2,1H3,(H,30,32)/b23-10+. The molecule has 0 atom stereocenters. The number of rotatable bonds is 8. The van der Waals surface area contributed by atoms with E-state index in [1.807, 2.05) is 12.1 Å². The zero-order valence-electron chi connectivity index (χ0n) is 20.4. The Morgan fingerprint density at radius 2 is 1.90 bits per heavy atom. The molecule has 3 aromatic carbocycles. The van der Waals surface area contributed by atoms with Crippen LogP contribution in [-0.2, 0) is 16.2 Å². The minimum absolute atomic E-state index is 0.109. The summed E-state index contributed by atoms with van der Waals surface area (Å²) in [6.45, 7) is -0.0307. The Balaban J connectivity index is 1.26. The number of methoxy groups -OCH3 is 1. The van der Waals surface area contributed by atoms with Crippen molar-refractivity contribution in [1.29, 1.82) is 0 Å². The number of imide groups is 1. The molecule has 2 heterocycles. The second-order valence-electron chi connectivity index (χ2n) is 8.33. The molecule has 3 amide bonds. The Morgan fingerprint density at radius 3 is 2.67 bits per heavy atom. The summed E-state index contributed by atoms with van der Waals surface area (Å²) in [5, 5.41) is 2.76. The number of hydrogen-bond donors (Lipinski definition) is 1. The van der Waals surface area contributed by atoms with Crippen molar-refractivity contribution in [2.75, 3.05) is 25.8 Å². The highest BCUT2D eigenvalue weighted by Crippen LogP contribution is 2.40. The molecule has 12 heteroatoms. The van der Waals surface area contributed by atoms with Crippen LogP contribution in [0.15, 0.2) is 64.0 Å². The highest BCUT2D eigenvalue weighted by Gasteiger charge is 2.36. The number of carbonyl (C=O) groups is 3. The molecule has 1 fully saturated rings. The van der Waals surface area contributed by atoms with E-state index < -0.39 is 23.6 Å². The minimum Gasteiger partial charge on any atom is -0.493 e. The van der Waals surface area contributed by atoms with Crippen LogP contribution in [0.5, 0.6) is 23.0 Å². The normalized spacial score (nSPS) is 15.2. The fourth-order valence-corrected chi connectivity index (χ4v) is 5.34. The molecule has 1 saturated heterocycles. The number of benzene rings is 3. The predicted octanol–water partition coefficient (Wildman–Crippen LogP) is 6.09. The van der Waals surface area contributed by atoms with Crippen molar-refractivity contribution in [3.8, 4) is 23.0 Å². The van der Waals surface area contributed by atoms with E-state index in [1.54, 1.807) is 48.5 Å². The Kier molecular flexibility index (Phi) is 8.01. The maximum atomic E-state index is 13.0. The smallest absolute Gasteiger partial charge is 0.294 e. The van der Waals surface area contributed by atoms with E-state index in [0.717, 1.165) is 22.2 Å². The molecule has 2 aliphatic rings. The second-order valence-corrected chi connectivity index (χ2v) is 10.6. The second kappa shape index (κ2) is 11.6. The first-order valence-electron chi connectivity index (χ1n) is 11.5. The van der Waals surface area contributed by atoms with Crippen molar-refractivity contribution in [3.05, 3.63) is 80.1 Å². The first kappa shape index (κ1) is 26.9. The maximum absolute atomic E-state index is 13.0.